The maximum atomic E-state index is 5.60. The third kappa shape index (κ3) is 2.06. The highest BCUT2D eigenvalue weighted by atomic mass is 32.1. The predicted molar refractivity (Wildman–Crippen MR) is 57.4 cm³/mol. The van der Waals surface area contributed by atoms with E-state index >= 15 is 0 Å². The van der Waals surface area contributed by atoms with E-state index in [1.807, 2.05) is 41.8 Å². The summed E-state index contributed by atoms with van der Waals surface area (Å²) in [5.41, 5.74) is 0. The van der Waals surface area contributed by atoms with Gasteiger partial charge in [0.15, 0.2) is 5.06 Å². The van der Waals surface area contributed by atoms with Crippen LogP contribution in [0.5, 0.6) is 16.6 Å². The quantitative estimate of drug-likeness (QED) is 0.764. The Hall–Kier alpha value is -1.48. The van der Waals surface area contributed by atoms with Crippen LogP contribution in [-0.4, -0.2) is 7.11 Å². The Kier molecular flexibility index (Phi) is 2.70. The first-order chi connectivity index (χ1) is 6.88. The lowest BCUT2D eigenvalue weighted by Gasteiger charge is -2.04. The number of rotatable bonds is 3. The molecule has 0 saturated heterocycles. The van der Waals surface area contributed by atoms with Crippen LogP contribution in [-0.2, 0) is 0 Å². The van der Waals surface area contributed by atoms with Crippen molar-refractivity contribution in [2.75, 3.05) is 7.11 Å². The van der Waals surface area contributed by atoms with Crippen molar-refractivity contribution in [3.05, 3.63) is 41.8 Å². The van der Waals surface area contributed by atoms with Crippen molar-refractivity contribution >= 4 is 11.3 Å². The van der Waals surface area contributed by atoms with Gasteiger partial charge in [-0.15, -0.1) is 11.3 Å². The summed E-state index contributed by atoms with van der Waals surface area (Å²) in [5.74, 6) is 1.60. The van der Waals surface area contributed by atoms with Crippen molar-refractivity contribution < 1.29 is 9.47 Å². The summed E-state index contributed by atoms with van der Waals surface area (Å²) in [6.07, 6.45) is 0. The number of methoxy groups -OCH3 is 1. The van der Waals surface area contributed by atoms with E-state index in [0.29, 0.717) is 0 Å². The van der Waals surface area contributed by atoms with Gasteiger partial charge >= 0.3 is 0 Å². The highest BCUT2D eigenvalue weighted by molar-refractivity contribution is 7.11. The van der Waals surface area contributed by atoms with Gasteiger partial charge in [-0.1, -0.05) is 6.07 Å². The number of hydrogen-bond donors (Lipinski definition) is 0. The average Bonchev–Trinajstić information content (AvgIpc) is 2.71. The molecule has 0 atom stereocenters. The molecule has 0 amide bonds. The first-order valence-electron chi connectivity index (χ1n) is 4.24. The zero-order valence-electron chi connectivity index (χ0n) is 7.77. The molecule has 14 heavy (non-hydrogen) atoms. The van der Waals surface area contributed by atoms with Gasteiger partial charge in [0.05, 0.1) is 7.11 Å². The summed E-state index contributed by atoms with van der Waals surface area (Å²) < 4.78 is 10.7. The molecule has 2 rings (SSSR count). The molecule has 1 aromatic heterocycles. The number of thiophene rings is 1. The predicted octanol–water partition coefficient (Wildman–Crippen LogP) is 3.55. The molecule has 0 N–H and O–H groups in total. The molecule has 1 aromatic carbocycles. The zero-order valence-corrected chi connectivity index (χ0v) is 8.58. The molecule has 0 aliphatic rings. The molecule has 2 aromatic rings. The molecule has 72 valence electrons. The van der Waals surface area contributed by atoms with E-state index in [0.717, 1.165) is 16.6 Å². The first kappa shape index (κ1) is 9.09. The average molecular weight is 206 g/mol. The van der Waals surface area contributed by atoms with Crippen LogP contribution in [0.3, 0.4) is 0 Å². The van der Waals surface area contributed by atoms with Crippen LogP contribution < -0.4 is 9.47 Å². The van der Waals surface area contributed by atoms with Gasteiger partial charge in [0, 0.05) is 6.07 Å². The SMILES string of the molecule is COc1cccc(Oc2cccs2)c1. The van der Waals surface area contributed by atoms with E-state index in [1.165, 1.54) is 0 Å². The Balaban J connectivity index is 2.17. The summed E-state index contributed by atoms with van der Waals surface area (Å²) in [5, 5.41) is 2.87. The van der Waals surface area contributed by atoms with Crippen molar-refractivity contribution in [3.63, 3.8) is 0 Å². The molecule has 0 saturated carbocycles. The van der Waals surface area contributed by atoms with Crippen LogP contribution in [0.25, 0.3) is 0 Å². The second-order valence-electron chi connectivity index (χ2n) is 2.71. The molecular formula is C11H10O2S. The smallest absolute Gasteiger partial charge is 0.180 e. The Morgan fingerprint density at radius 1 is 1.07 bits per heavy atom. The first-order valence-corrected chi connectivity index (χ1v) is 5.12. The Labute approximate surface area is 86.7 Å². The minimum absolute atomic E-state index is 0.798. The van der Waals surface area contributed by atoms with E-state index < -0.39 is 0 Å². The largest absolute Gasteiger partial charge is 0.497 e. The normalized spacial score (nSPS) is 9.79. The van der Waals surface area contributed by atoms with Crippen molar-refractivity contribution in [3.8, 4) is 16.6 Å². The maximum Gasteiger partial charge on any atom is 0.180 e. The Morgan fingerprint density at radius 2 is 1.93 bits per heavy atom. The fourth-order valence-electron chi connectivity index (χ4n) is 1.10. The van der Waals surface area contributed by atoms with E-state index in [-0.39, 0.29) is 0 Å². The molecule has 0 spiro atoms. The molecule has 1 heterocycles. The second-order valence-corrected chi connectivity index (χ2v) is 3.62. The lowest BCUT2D eigenvalue weighted by Crippen LogP contribution is -1.84. The monoisotopic (exact) mass is 206 g/mol. The summed E-state index contributed by atoms with van der Waals surface area (Å²) in [6, 6.07) is 11.5. The van der Waals surface area contributed by atoms with Gasteiger partial charge in [0.25, 0.3) is 0 Å². The minimum Gasteiger partial charge on any atom is -0.497 e. The summed E-state index contributed by atoms with van der Waals surface area (Å²) in [7, 11) is 1.64. The van der Waals surface area contributed by atoms with Crippen LogP contribution >= 0.6 is 11.3 Å². The number of hydrogen-bond acceptors (Lipinski definition) is 3. The topological polar surface area (TPSA) is 18.5 Å². The van der Waals surface area contributed by atoms with Crippen LogP contribution in [0.15, 0.2) is 41.8 Å². The van der Waals surface area contributed by atoms with Crippen molar-refractivity contribution in [1.29, 1.82) is 0 Å². The lowest BCUT2D eigenvalue weighted by molar-refractivity contribution is 0.410. The summed E-state index contributed by atoms with van der Waals surface area (Å²) in [4.78, 5) is 0. The van der Waals surface area contributed by atoms with Crippen LogP contribution in [0.2, 0.25) is 0 Å². The lowest BCUT2D eigenvalue weighted by atomic mass is 10.3. The molecular weight excluding hydrogens is 196 g/mol. The Morgan fingerprint density at radius 3 is 2.64 bits per heavy atom. The van der Waals surface area contributed by atoms with Crippen molar-refractivity contribution in [2.24, 2.45) is 0 Å². The van der Waals surface area contributed by atoms with Crippen molar-refractivity contribution in [2.45, 2.75) is 0 Å². The highest BCUT2D eigenvalue weighted by Crippen LogP contribution is 2.28. The molecule has 0 unspecified atom stereocenters. The molecule has 0 aliphatic carbocycles. The fourth-order valence-corrected chi connectivity index (χ4v) is 1.70. The molecule has 2 nitrogen and oxygen atoms in total. The third-order valence-electron chi connectivity index (χ3n) is 1.75. The zero-order chi connectivity index (χ0) is 9.80. The van der Waals surface area contributed by atoms with E-state index in [2.05, 4.69) is 0 Å². The minimum atomic E-state index is 0.798. The standard InChI is InChI=1S/C11H10O2S/c1-12-9-4-2-5-10(8-9)13-11-6-3-7-14-11/h2-8H,1H3. The molecule has 3 heteroatoms. The second kappa shape index (κ2) is 4.15. The van der Waals surface area contributed by atoms with Gasteiger partial charge < -0.3 is 9.47 Å². The number of benzene rings is 1. The molecule has 0 aliphatic heterocycles. The van der Waals surface area contributed by atoms with Crippen molar-refractivity contribution in [1.82, 2.24) is 0 Å². The van der Waals surface area contributed by atoms with Gasteiger partial charge in [-0.2, -0.15) is 0 Å². The van der Waals surface area contributed by atoms with Gasteiger partial charge in [-0.3, -0.25) is 0 Å². The maximum absolute atomic E-state index is 5.60. The van der Waals surface area contributed by atoms with Gasteiger partial charge in [-0.25, -0.2) is 0 Å². The van der Waals surface area contributed by atoms with E-state index in [4.69, 9.17) is 9.47 Å². The van der Waals surface area contributed by atoms with Gasteiger partial charge in [0.1, 0.15) is 11.5 Å². The van der Waals surface area contributed by atoms with Gasteiger partial charge in [-0.05, 0) is 29.6 Å². The molecule has 0 radical (unpaired) electrons. The van der Waals surface area contributed by atoms with Crippen LogP contribution in [0, 0.1) is 0 Å². The van der Waals surface area contributed by atoms with Gasteiger partial charge in [0.2, 0.25) is 0 Å². The summed E-state index contributed by atoms with van der Waals surface area (Å²) in [6.45, 7) is 0. The van der Waals surface area contributed by atoms with E-state index in [9.17, 15) is 0 Å². The highest BCUT2D eigenvalue weighted by Gasteiger charge is 1.98. The van der Waals surface area contributed by atoms with Crippen LogP contribution in [0.1, 0.15) is 0 Å². The third-order valence-corrected chi connectivity index (χ3v) is 2.50. The number of ether oxygens (including phenoxy) is 2. The Bertz CT molecular complexity index is 395. The molecule has 0 bridgehead atoms. The molecule has 0 fully saturated rings. The summed E-state index contributed by atoms with van der Waals surface area (Å²) >= 11 is 1.57. The van der Waals surface area contributed by atoms with E-state index in [1.54, 1.807) is 18.4 Å². The fraction of sp³-hybridized carbons (Fsp3) is 0.0909. The van der Waals surface area contributed by atoms with Crippen LogP contribution in [0.4, 0.5) is 0 Å².